The molecular formula is C10H18N2O. The van der Waals surface area contributed by atoms with Gasteiger partial charge in [-0.15, -0.1) is 0 Å². The highest BCUT2D eigenvalue weighted by atomic mass is 16.3. The number of hydrogen-bond acceptors (Lipinski definition) is 2. The largest absolute Gasteiger partial charge is 0.393 e. The monoisotopic (exact) mass is 182 g/mol. The van der Waals surface area contributed by atoms with E-state index in [4.69, 9.17) is 0 Å². The molecule has 0 amide bonds. The third kappa shape index (κ3) is 3.19. The van der Waals surface area contributed by atoms with Gasteiger partial charge in [-0.3, -0.25) is 0 Å². The molecule has 0 aromatic carbocycles. The van der Waals surface area contributed by atoms with Crippen LogP contribution in [0.5, 0.6) is 0 Å². The molecule has 0 radical (unpaired) electrons. The third-order valence-electron chi connectivity index (χ3n) is 2.23. The summed E-state index contributed by atoms with van der Waals surface area (Å²) in [6, 6.07) is 0. The van der Waals surface area contributed by atoms with E-state index in [1.165, 1.54) is 0 Å². The summed E-state index contributed by atoms with van der Waals surface area (Å²) in [5.74, 6) is 0.962. The highest BCUT2D eigenvalue weighted by Gasteiger charge is 2.07. The Morgan fingerprint density at radius 1 is 1.62 bits per heavy atom. The summed E-state index contributed by atoms with van der Waals surface area (Å²) < 4.78 is 1.95. The predicted molar refractivity (Wildman–Crippen MR) is 52.4 cm³/mol. The van der Waals surface area contributed by atoms with Crippen molar-refractivity contribution in [3.8, 4) is 0 Å². The van der Waals surface area contributed by atoms with Crippen molar-refractivity contribution >= 4 is 0 Å². The van der Waals surface area contributed by atoms with Gasteiger partial charge in [0.15, 0.2) is 0 Å². The van der Waals surface area contributed by atoms with E-state index in [0.29, 0.717) is 6.42 Å². The van der Waals surface area contributed by atoms with E-state index < -0.39 is 0 Å². The summed E-state index contributed by atoms with van der Waals surface area (Å²) in [6.45, 7) is 2.13. The van der Waals surface area contributed by atoms with Crippen LogP contribution in [0, 0.1) is 0 Å². The van der Waals surface area contributed by atoms with E-state index in [0.717, 1.165) is 25.1 Å². The number of rotatable bonds is 5. The van der Waals surface area contributed by atoms with Crippen LogP contribution in [0.15, 0.2) is 12.4 Å². The molecule has 1 unspecified atom stereocenters. The summed E-state index contributed by atoms with van der Waals surface area (Å²) >= 11 is 0. The molecule has 1 heterocycles. The van der Waals surface area contributed by atoms with Crippen molar-refractivity contribution in [2.24, 2.45) is 7.05 Å². The number of aliphatic hydroxyl groups is 1. The Morgan fingerprint density at radius 3 is 2.92 bits per heavy atom. The first-order valence-electron chi connectivity index (χ1n) is 4.88. The van der Waals surface area contributed by atoms with Crippen molar-refractivity contribution in [1.29, 1.82) is 0 Å². The Balaban J connectivity index is 2.36. The van der Waals surface area contributed by atoms with Gasteiger partial charge in [-0.25, -0.2) is 4.98 Å². The molecule has 3 heteroatoms. The summed E-state index contributed by atoms with van der Waals surface area (Å²) in [5.41, 5.74) is 0. The number of nitrogens with zero attached hydrogens (tertiary/aromatic N) is 2. The van der Waals surface area contributed by atoms with E-state index in [1.807, 2.05) is 17.8 Å². The van der Waals surface area contributed by atoms with Crippen molar-refractivity contribution in [2.75, 3.05) is 0 Å². The first kappa shape index (κ1) is 10.3. The number of imidazole rings is 1. The second-order valence-electron chi connectivity index (χ2n) is 3.45. The van der Waals surface area contributed by atoms with Gasteiger partial charge in [-0.1, -0.05) is 19.8 Å². The first-order chi connectivity index (χ1) is 6.24. The lowest BCUT2D eigenvalue weighted by Gasteiger charge is -2.09. The van der Waals surface area contributed by atoms with Gasteiger partial charge < -0.3 is 9.67 Å². The van der Waals surface area contributed by atoms with Crippen molar-refractivity contribution in [2.45, 2.75) is 38.7 Å². The molecule has 0 aliphatic rings. The van der Waals surface area contributed by atoms with Crippen LogP contribution < -0.4 is 0 Å². The van der Waals surface area contributed by atoms with Crippen molar-refractivity contribution in [3.05, 3.63) is 18.2 Å². The zero-order valence-corrected chi connectivity index (χ0v) is 8.40. The van der Waals surface area contributed by atoms with Crippen LogP contribution in [0.3, 0.4) is 0 Å². The Labute approximate surface area is 79.4 Å². The van der Waals surface area contributed by atoms with Crippen LogP contribution in [0.4, 0.5) is 0 Å². The molecule has 1 rings (SSSR count). The SMILES string of the molecule is CCCCC(O)Cc1nccn1C. The Kier molecular flexibility index (Phi) is 3.96. The van der Waals surface area contributed by atoms with E-state index in [-0.39, 0.29) is 6.10 Å². The quantitative estimate of drug-likeness (QED) is 0.749. The second-order valence-corrected chi connectivity index (χ2v) is 3.45. The number of unbranched alkanes of at least 4 members (excludes halogenated alkanes) is 1. The van der Waals surface area contributed by atoms with Crippen LogP contribution in [-0.2, 0) is 13.5 Å². The number of aliphatic hydroxyl groups excluding tert-OH is 1. The lowest BCUT2D eigenvalue weighted by Crippen LogP contribution is -2.13. The van der Waals surface area contributed by atoms with Gasteiger partial charge >= 0.3 is 0 Å². The molecule has 0 fully saturated rings. The molecule has 13 heavy (non-hydrogen) atoms. The van der Waals surface area contributed by atoms with Gasteiger partial charge in [-0.05, 0) is 6.42 Å². The van der Waals surface area contributed by atoms with Gasteiger partial charge in [0.25, 0.3) is 0 Å². The zero-order chi connectivity index (χ0) is 9.68. The van der Waals surface area contributed by atoms with Crippen LogP contribution in [0.25, 0.3) is 0 Å². The van der Waals surface area contributed by atoms with E-state index >= 15 is 0 Å². The maximum atomic E-state index is 9.62. The molecule has 1 N–H and O–H groups in total. The standard InChI is InChI=1S/C10H18N2O/c1-3-4-5-9(13)8-10-11-6-7-12(10)2/h6-7,9,13H,3-5,8H2,1-2H3. The van der Waals surface area contributed by atoms with Gasteiger partial charge in [0.2, 0.25) is 0 Å². The average Bonchev–Trinajstić information content (AvgIpc) is 2.48. The molecule has 1 aromatic heterocycles. The third-order valence-corrected chi connectivity index (χ3v) is 2.23. The van der Waals surface area contributed by atoms with Crippen molar-refractivity contribution < 1.29 is 5.11 Å². The van der Waals surface area contributed by atoms with E-state index in [9.17, 15) is 5.11 Å². The second kappa shape index (κ2) is 5.02. The fourth-order valence-electron chi connectivity index (χ4n) is 1.35. The molecule has 74 valence electrons. The molecule has 0 aliphatic heterocycles. The fraction of sp³-hybridized carbons (Fsp3) is 0.700. The minimum absolute atomic E-state index is 0.235. The highest BCUT2D eigenvalue weighted by molar-refractivity contribution is 4.92. The Hall–Kier alpha value is -0.830. The predicted octanol–water partition coefficient (Wildman–Crippen LogP) is 1.51. The van der Waals surface area contributed by atoms with E-state index in [1.54, 1.807) is 6.20 Å². The average molecular weight is 182 g/mol. The summed E-state index contributed by atoms with van der Waals surface area (Å²) in [7, 11) is 1.95. The Bertz CT molecular complexity index is 245. The molecule has 1 atom stereocenters. The summed E-state index contributed by atoms with van der Waals surface area (Å²) in [4.78, 5) is 4.17. The minimum atomic E-state index is -0.235. The normalized spacial score (nSPS) is 13.2. The molecule has 3 nitrogen and oxygen atoms in total. The molecule has 0 saturated heterocycles. The molecule has 0 aliphatic carbocycles. The van der Waals surface area contributed by atoms with Gasteiger partial charge in [0.1, 0.15) is 5.82 Å². The molecule has 1 aromatic rings. The van der Waals surface area contributed by atoms with Crippen LogP contribution in [0.1, 0.15) is 32.0 Å². The number of aromatic nitrogens is 2. The van der Waals surface area contributed by atoms with Crippen molar-refractivity contribution in [3.63, 3.8) is 0 Å². The maximum Gasteiger partial charge on any atom is 0.110 e. The molecular weight excluding hydrogens is 164 g/mol. The van der Waals surface area contributed by atoms with E-state index in [2.05, 4.69) is 11.9 Å². The maximum absolute atomic E-state index is 9.62. The van der Waals surface area contributed by atoms with Gasteiger partial charge in [0, 0.05) is 25.9 Å². The molecule has 0 spiro atoms. The molecule has 0 saturated carbocycles. The van der Waals surface area contributed by atoms with Crippen LogP contribution >= 0.6 is 0 Å². The van der Waals surface area contributed by atoms with Crippen LogP contribution in [-0.4, -0.2) is 20.8 Å². The first-order valence-corrected chi connectivity index (χ1v) is 4.88. The lowest BCUT2D eigenvalue weighted by molar-refractivity contribution is 0.158. The van der Waals surface area contributed by atoms with Gasteiger partial charge in [0.05, 0.1) is 6.10 Å². The summed E-state index contributed by atoms with van der Waals surface area (Å²) in [6.07, 6.45) is 7.21. The Morgan fingerprint density at radius 2 is 2.38 bits per heavy atom. The zero-order valence-electron chi connectivity index (χ0n) is 8.40. The van der Waals surface area contributed by atoms with Crippen LogP contribution in [0.2, 0.25) is 0 Å². The smallest absolute Gasteiger partial charge is 0.110 e. The topological polar surface area (TPSA) is 38.1 Å². The lowest BCUT2D eigenvalue weighted by atomic mass is 10.1. The summed E-state index contributed by atoms with van der Waals surface area (Å²) in [5, 5.41) is 9.62. The number of aryl methyl sites for hydroxylation is 1. The fourth-order valence-corrected chi connectivity index (χ4v) is 1.35. The minimum Gasteiger partial charge on any atom is -0.393 e. The molecule has 0 bridgehead atoms. The number of hydrogen-bond donors (Lipinski definition) is 1. The van der Waals surface area contributed by atoms with Gasteiger partial charge in [-0.2, -0.15) is 0 Å². The highest BCUT2D eigenvalue weighted by Crippen LogP contribution is 2.06. The van der Waals surface area contributed by atoms with Crippen molar-refractivity contribution in [1.82, 2.24) is 9.55 Å².